The van der Waals surface area contributed by atoms with Crippen LogP contribution < -0.4 is 0 Å². The van der Waals surface area contributed by atoms with Gasteiger partial charge >= 0.3 is 12.1 Å². The van der Waals surface area contributed by atoms with Gasteiger partial charge in [-0.05, 0) is 0 Å². The predicted octanol–water partition coefficient (Wildman–Crippen LogP) is 0.375. The highest BCUT2D eigenvalue weighted by Gasteiger charge is 2.48. The first-order chi connectivity index (χ1) is 5.41. The minimum absolute atomic E-state index is 0.570. The van der Waals surface area contributed by atoms with Crippen LogP contribution in [0, 0.1) is 0 Å². The van der Waals surface area contributed by atoms with E-state index in [9.17, 15) is 18.0 Å². The zero-order valence-corrected chi connectivity index (χ0v) is 5.67. The lowest BCUT2D eigenvalue weighted by Crippen LogP contribution is -2.31. The van der Waals surface area contributed by atoms with E-state index in [1.807, 2.05) is 0 Å². The summed E-state index contributed by atoms with van der Waals surface area (Å²) in [6.45, 7) is -0.570. The minimum Gasteiger partial charge on any atom is -0.479 e. The second-order valence-electron chi connectivity index (χ2n) is 2.17. The lowest BCUT2D eigenvalue weighted by molar-refractivity contribution is -0.276. The Labute approximate surface area is 64.9 Å². The Bertz CT molecular complexity index is 190. The molecule has 0 saturated carbocycles. The number of alkyl halides is 3. The molecule has 0 spiro atoms. The molecule has 1 N–H and O–H groups in total. The van der Waals surface area contributed by atoms with Crippen molar-refractivity contribution in [3.8, 4) is 0 Å². The van der Waals surface area contributed by atoms with E-state index in [-0.39, 0.29) is 0 Å². The zero-order chi connectivity index (χ0) is 9.35. The van der Waals surface area contributed by atoms with Crippen LogP contribution in [0.3, 0.4) is 0 Å². The largest absolute Gasteiger partial charge is 0.479 e. The van der Waals surface area contributed by atoms with Gasteiger partial charge in [0.25, 0.3) is 6.29 Å². The molecule has 1 heterocycles. The topological polar surface area (TPSA) is 55.8 Å². The molecular weight excluding hydrogens is 181 g/mol. The standard InChI is InChI=1S/C5H5F3O4/c6-5(7,8)4-11-1-2(12-4)3(9)10/h2,4H,1H2,(H,9,10). The van der Waals surface area contributed by atoms with E-state index in [1.54, 1.807) is 0 Å². The Morgan fingerprint density at radius 3 is 2.33 bits per heavy atom. The van der Waals surface area contributed by atoms with Gasteiger partial charge in [-0.3, -0.25) is 0 Å². The van der Waals surface area contributed by atoms with Crippen LogP contribution in [0.25, 0.3) is 0 Å². The van der Waals surface area contributed by atoms with E-state index in [2.05, 4.69) is 9.47 Å². The van der Waals surface area contributed by atoms with Gasteiger partial charge in [0.2, 0.25) is 0 Å². The molecule has 0 amide bonds. The average molecular weight is 186 g/mol. The third-order valence-electron chi connectivity index (χ3n) is 1.23. The molecule has 2 unspecified atom stereocenters. The molecule has 1 saturated heterocycles. The van der Waals surface area contributed by atoms with E-state index in [1.165, 1.54) is 0 Å². The van der Waals surface area contributed by atoms with Crippen molar-refractivity contribution in [2.45, 2.75) is 18.6 Å². The van der Waals surface area contributed by atoms with Crippen LogP contribution >= 0.6 is 0 Å². The second kappa shape index (κ2) is 2.91. The summed E-state index contributed by atoms with van der Waals surface area (Å²) in [5, 5.41) is 8.22. The fraction of sp³-hybridized carbons (Fsp3) is 0.800. The molecule has 12 heavy (non-hydrogen) atoms. The Morgan fingerprint density at radius 2 is 2.08 bits per heavy atom. The highest BCUT2D eigenvalue weighted by molar-refractivity contribution is 5.72. The number of hydrogen-bond donors (Lipinski definition) is 1. The zero-order valence-electron chi connectivity index (χ0n) is 5.67. The molecule has 1 aliphatic heterocycles. The lowest BCUT2D eigenvalue weighted by atomic mass is 10.4. The van der Waals surface area contributed by atoms with Gasteiger partial charge in [0.05, 0.1) is 6.61 Å². The summed E-state index contributed by atoms with van der Waals surface area (Å²) in [4.78, 5) is 10.1. The van der Waals surface area contributed by atoms with Crippen LogP contribution in [0.2, 0.25) is 0 Å². The van der Waals surface area contributed by atoms with Crippen molar-refractivity contribution in [2.24, 2.45) is 0 Å². The Balaban J connectivity index is 2.51. The number of ether oxygens (including phenoxy) is 2. The molecule has 0 aromatic carbocycles. The number of carbonyl (C=O) groups is 1. The van der Waals surface area contributed by atoms with E-state index in [0.29, 0.717) is 0 Å². The van der Waals surface area contributed by atoms with Crippen molar-refractivity contribution in [3.05, 3.63) is 0 Å². The summed E-state index contributed by atoms with van der Waals surface area (Å²) in [5.74, 6) is -1.46. The number of hydrogen-bond acceptors (Lipinski definition) is 3. The van der Waals surface area contributed by atoms with Gasteiger partial charge in [-0.25, -0.2) is 4.79 Å². The predicted molar refractivity (Wildman–Crippen MR) is 28.3 cm³/mol. The molecule has 0 aliphatic carbocycles. The van der Waals surface area contributed by atoms with Crippen molar-refractivity contribution >= 4 is 5.97 Å². The Hall–Kier alpha value is -0.820. The summed E-state index contributed by atoms with van der Waals surface area (Å²) in [5.41, 5.74) is 0. The fourth-order valence-electron chi connectivity index (χ4n) is 0.704. The number of aliphatic carboxylic acids is 1. The third-order valence-corrected chi connectivity index (χ3v) is 1.23. The summed E-state index contributed by atoms with van der Waals surface area (Å²) >= 11 is 0. The highest BCUT2D eigenvalue weighted by atomic mass is 19.4. The first kappa shape index (κ1) is 9.27. The van der Waals surface area contributed by atoms with Gasteiger partial charge in [0, 0.05) is 0 Å². The number of carboxylic acids is 1. The highest BCUT2D eigenvalue weighted by Crippen LogP contribution is 2.28. The van der Waals surface area contributed by atoms with Crippen LogP contribution in [-0.4, -0.2) is 36.3 Å². The van der Waals surface area contributed by atoms with E-state index < -0.39 is 31.1 Å². The van der Waals surface area contributed by atoms with Crippen molar-refractivity contribution in [1.82, 2.24) is 0 Å². The number of halogens is 3. The monoisotopic (exact) mass is 186 g/mol. The van der Waals surface area contributed by atoms with Gasteiger partial charge < -0.3 is 14.6 Å². The first-order valence-corrected chi connectivity index (χ1v) is 2.98. The molecule has 0 aromatic heterocycles. The third kappa shape index (κ3) is 1.86. The number of rotatable bonds is 1. The maximum atomic E-state index is 11.8. The molecule has 2 atom stereocenters. The Kier molecular flexibility index (Phi) is 2.25. The molecule has 0 bridgehead atoms. The minimum atomic E-state index is -4.66. The maximum absolute atomic E-state index is 11.8. The quantitative estimate of drug-likeness (QED) is 0.642. The Morgan fingerprint density at radius 1 is 1.50 bits per heavy atom. The van der Waals surface area contributed by atoms with E-state index >= 15 is 0 Å². The second-order valence-corrected chi connectivity index (χ2v) is 2.17. The fourth-order valence-corrected chi connectivity index (χ4v) is 0.704. The van der Waals surface area contributed by atoms with E-state index in [4.69, 9.17) is 5.11 Å². The van der Waals surface area contributed by atoms with Crippen LogP contribution in [-0.2, 0) is 14.3 Å². The molecule has 1 fully saturated rings. The van der Waals surface area contributed by atoms with Gasteiger partial charge in [0.1, 0.15) is 0 Å². The van der Waals surface area contributed by atoms with Gasteiger partial charge in [-0.1, -0.05) is 0 Å². The number of carboxylic acid groups (broad SMARTS) is 1. The smallest absolute Gasteiger partial charge is 0.440 e. The molecule has 1 aliphatic rings. The first-order valence-electron chi connectivity index (χ1n) is 2.98. The molecule has 0 radical (unpaired) electrons. The van der Waals surface area contributed by atoms with Crippen LogP contribution in [0.1, 0.15) is 0 Å². The SMILES string of the molecule is O=C(O)C1COC(C(F)(F)F)O1. The van der Waals surface area contributed by atoms with Crippen molar-refractivity contribution in [3.63, 3.8) is 0 Å². The summed E-state index contributed by atoms with van der Waals surface area (Å²) in [7, 11) is 0. The molecule has 7 heteroatoms. The maximum Gasteiger partial charge on any atom is 0.440 e. The molecule has 0 aromatic rings. The van der Waals surface area contributed by atoms with Gasteiger partial charge in [-0.2, -0.15) is 13.2 Å². The van der Waals surface area contributed by atoms with Gasteiger partial charge in [0.15, 0.2) is 6.10 Å². The summed E-state index contributed by atoms with van der Waals surface area (Å²) < 4.78 is 43.4. The van der Waals surface area contributed by atoms with Crippen LogP contribution in [0.4, 0.5) is 13.2 Å². The van der Waals surface area contributed by atoms with Crippen LogP contribution in [0.5, 0.6) is 0 Å². The van der Waals surface area contributed by atoms with E-state index in [0.717, 1.165) is 0 Å². The van der Waals surface area contributed by atoms with Crippen molar-refractivity contribution in [1.29, 1.82) is 0 Å². The summed E-state index contributed by atoms with van der Waals surface area (Å²) in [6.07, 6.45) is -8.58. The normalized spacial score (nSPS) is 30.6. The van der Waals surface area contributed by atoms with Crippen molar-refractivity contribution < 1.29 is 32.5 Å². The van der Waals surface area contributed by atoms with Crippen LogP contribution in [0.15, 0.2) is 0 Å². The molecule has 4 nitrogen and oxygen atoms in total. The molecular formula is C5H5F3O4. The molecule has 70 valence electrons. The summed E-state index contributed by atoms with van der Waals surface area (Å²) in [6, 6.07) is 0. The molecule has 1 rings (SSSR count). The van der Waals surface area contributed by atoms with Gasteiger partial charge in [-0.15, -0.1) is 0 Å². The van der Waals surface area contributed by atoms with Crippen molar-refractivity contribution in [2.75, 3.05) is 6.61 Å². The lowest BCUT2D eigenvalue weighted by Gasteiger charge is -2.12. The average Bonchev–Trinajstić information content (AvgIpc) is 2.30.